The van der Waals surface area contributed by atoms with Crippen LogP contribution in [0.15, 0.2) is 38.0 Å². The number of benzene rings is 1. The highest BCUT2D eigenvalue weighted by atomic mass is 16.5. The Labute approximate surface area is 148 Å². The van der Waals surface area contributed by atoms with E-state index < -0.39 is 0 Å². The molecule has 4 rings (SSSR count). The Balaban J connectivity index is 1.74. The molecule has 0 spiro atoms. The molecule has 0 bridgehead atoms. The maximum absolute atomic E-state index is 12.5. The van der Waals surface area contributed by atoms with Gasteiger partial charge in [0.15, 0.2) is 17.0 Å². The number of carbonyl (C=O) groups is 1. The highest BCUT2D eigenvalue weighted by Gasteiger charge is 2.32. The zero-order chi connectivity index (χ0) is 18.3. The molecule has 8 heteroatoms. The molecule has 1 aliphatic rings. The first-order valence-electron chi connectivity index (χ1n) is 8.30. The minimum Gasteiger partial charge on any atom is -0.496 e. The van der Waals surface area contributed by atoms with Crippen molar-refractivity contribution in [3.8, 4) is 17.4 Å². The third-order valence-electron chi connectivity index (χ3n) is 4.54. The molecule has 1 amide bonds. The molecule has 26 heavy (non-hydrogen) atoms. The summed E-state index contributed by atoms with van der Waals surface area (Å²) in [6, 6.07) is 6.20. The predicted octanol–water partition coefficient (Wildman–Crippen LogP) is 2.54. The normalized spacial score (nSPS) is 17.0. The van der Waals surface area contributed by atoms with Crippen molar-refractivity contribution in [2.75, 3.05) is 13.7 Å². The molecule has 8 nitrogen and oxygen atoms in total. The number of hydrogen-bond donors (Lipinski definition) is 0. The fourth-order valence-electron chi connectivity index (χ4n) is 3.34. The molecule has 0 aliphatic carbocycles. The number of amides is 1. The van der Waals surface area contributed by atoms with E-state index in [0.29, 0.717) is 29.1 Å². The monoisotopic (exact) mass is 355 g/mol. The Morgan fingerprint density at radius 3 is 3.00 bits per heavy atom. The smallest absolute Gasteiger partial charge is 0.293 e. The van der Waals surface area contributed by atoms with Crippen LogP contribution in [-0.2, 0) is 4.79 Å². The van der Waals surface area contributed by atoms with E-state index in [9.17, 15) is 9.59 Å². The fourth-order valence-corrected chi connectivity index (χ4v) is 3.34. The van der Waals surface area contributed by atoms with E-state index in [1.165, 1.54) is 20.1 Å². The number of rotatable bonds is 3. The first kappa shape index (κ1) is 16.3. The van der Waals surface area contributed by atoms with Gasteiger partial charge in [-0.15, -0.1) is 0 Å². The Bertz CT molecular complexity index is 1040. The number of ether oxygens (including phenoxy) is 1. The lowest BCUT2D eigenvalue weighted by molar-refractivity contribution is -0.129. The van der Waals surface area contributed by atoms with E-state index in [-0.39, 0.29) is 29.0 Å². The number of aromatic nitrogens is 2. The standard InChI is InChI=1S/C18H17N3O5/c1-10(22)21-8-4-5-11(21)17-19-18(26-20-17)15-9-12(23)16-13(24-2)6-3-7-14(16)25-15/h3,6-7,9,11H,4-5,8H2,1-2H3. The first-order valence-corrected chi connectivity index (χ1v) is 8.30. The topological polar surface area (TPSA) is 98.7 Å². The molecule has 3 aromatic rings. The molecule has 134 valence electrons. The molecular formula is C18H17N3O5. The summed E-state index contributed by atoms with van der Waals surface area (Å²) >= 11 is 0. The van der Waals surface area contributed by atoms with Crippen LogP contribution in [0.1, 0.15) is 31.6 Å². The minimum atomic E-state index is -0.260. The van der Waals surface area contributed by atoms with Crippen molar-refractivity contribution in [1.82, 2.24) is 15.0 Å². The van der Waals surface area contributed by atoms with Crippen LogP contribution in [0, 0.1) is 0 Å². The van der Waals surface area contributed by atoms with Crippen molar-refractivity contribution in [2.24, 2.45) is 0 Å². The van der Waals surface area contributed by atoms with Crippen LogP contribution in [0.25, 0.3) is 22.6 Å². The molecule has 1 saturated heterocycles. The van der Waals surface area contributed by atoms with Crippen molar-refractivity contribution in [3.05, 3.63) is 40.3 Å². The average Bonchev–Trinajstić information content (AvgIpc) is 3.29. The van der Waals surface area contributed by atoms with Gasteiger partial charge in [-0.1, -0.05) is 11.2 Å². The van der Waals surface area contributed by atoms with Crippen LogP contribution < -0.4 is 10.2 Å². The summed E-state index contributed by atoms with van der Waals surface area (Å²) in [5.74, 6) is 1.13. The van der Waals surface area contributed by atoms with Crippen molar-refractivity contribution in [1.29, 1.82) is 0 Å². The molecule has 1 aromatic carbocycles. The summed E-state index contributed by atoms with van der Waals surface area (Å²) in [4.78, 5) is 30.3. The second-order valence-corrected chi connectivity index (χ2v) is 6.14. The van der Waals surface area contributed by atoms with Crippen LogP contribution in [0.3, 0.4) is 0 Å². The first-order chi connectivity index (χ1) is 12.6. The van der Waals surface area contributed by atoms with Gasteiger partial charge in [0.1, 0.15) is 16.7 Å². The Hall–Kier alpha value is -3.16. The zero-order valence-corrected chi connectivity index (χ0v) is 14.4. The summed E-state index contributed by atoms with van der Waals surface area (Å²) in [7, 11) is 1.49. The van der Waals surface area contributed by atoms with Gasteiger partial charge in [0.05, 0.1) is 13.2 Å². The SMILES string of the molecule is COc1cccc2oc(-c3nc(C4CCCN4C(C)=O)no3)cc(=O)c12. The number of fused-ring (bicyclic) bond motifs is 1. The zero-order valence-electron chi connectivity index (χ0n) is 14.4. The summed E-state index contributed by atoms with van der Waals surface area (Å²) in [6.45, 7) is 2.20. The largest absolute Gasteiger partial charge is 0.496 e. The van der Waals surface area contributed by atoms with Crippen molar-refractivity contribution in [2.45, 2.75) is 25.8 Å². The van der Waals surface area contributed by atoms with E-state index in [1.807, 2.05) is 0 Å². The summed E-state index contributed by atoms with van der Waals surface area (Å²) in [5.41, 5.74) is 0.113. The molecule has 0 N–H and O–H groups in total. The van der Waals surface area contributed by atoms with Crippen LogP contribution in [-0.4, -0.2) is 34.6 Å². The summed E-state index contributed by atoms with van der Waals surface area (Å²) in [6.07, 6.45) is 1.66. The van der Waals surface area contributed by atoms with Gasteiger partial charge in [-0.2, -0.15) is 4.98 Å². The van der Waals surface area contributed by atoms with Crippen LogP contribution in [0.2, 0.25) is 0 Å². The van der Waals surface area contributed by atoms with E-state index in [0.717, 1.165) is 12.8 Å². The van der Waals surface area contributed by atoms with Gasteiger partial charge in [-0.25, -0.2) is 0 Å². The predicted molar refractivity (Wildman–Crippen MR) is 91.7 cm³/mol. The van der Waals surface area contributed by atoms with E-state index in [4.69, 9.17) is 13.7 Å². The minimum absolute atomic E-state index is 0.0248. The molecular weight excluding hydrogens is 338 g/mol. The lowest BCUT2D eigenvalue weighted by atomic mass is 10.2. The number of likely N-dealkylation sites (tertiary alicyclic amines) is 1. The number of hydrogen-bond acceptors (Lipinski definition) is 7. The Morgan fingerprint density at radius 1 is 1.38 bits per heavy atom. The van der Waals surface area contributed by atoms with Crippen molar-refractivity contribution >= 4 is 16.9 Å². The Morgan fingerprint density at radius 2 is 2.23 bits per heavy atom. The van der Waals surface area contributed by atoms with Gasteiger partial charge in [-0.3, -0.25) is 9.59 Å². The quantitative estimate of drug-likeness (QED) is 0.712. The second-order valence-electron chi connectivity index (χ2n) is 6.14. The van der Waals surface area contributed by atoms with Crippen LogP contribution in [0.5, 0.6) is 5.75 Å². The molecule has 3 heterocycles. The Kier molecular flexibility index (Phi) is 3.95. The van der Waals surface area contributed by atoms with E-state index in [2.05, 4.69) is 10.1 Å². The van der Waals surface area contributed by atoms with Gasteiger partial charge in [0.25, 0.3) is 5.89 Å². The van der Waals surface area contributed by atoms with Gasteiger partial charge in [0, 0.05) is 19.5 Å². The van der Waals surface area contributed by atoms with Gasteiger partial charge < -0.3 is 18.6 Å². The molecule has 1 atom stereocenters. The number of nitrogens with zero attached hydrogens (tertiary/aromatic N) is 3. The van der Waals surface area contributed by atoms with E-state index >= 15 is 0 Å². The highest BCUT2D eigenvalue weighted by Crippen LogP contribution is 2.32. The molecule has 1 unspecified atom stereocenters. The summed E-state index contributed by atoms with van der Waals surface area (Å²) < 4.78 is 16.3. The molecule has 0 saturated carbocycles. The lowest BCUT2D eigenvalue weighted by Gasteiger charge is -2.19. The maximum atomic E-state index is 12.5. The lowest BCUT2D eigenvalue weighted by Crippen LogP contribution is -2.28. The molecule has 2 aromatic heterocycles. The van der Waals surface area contributed by atoms with Crippen molar-refractivity contribution < 1.29 is 18.5 Å². The molecule has 1 fully saturated rings. The molecule has 0 radical (unpaired) electrons. The average molecular weight is 355 g/mol. The van der Waals surface area contributed by atoms with Crippen LogP contribution >= 0.6 is 0 Å². The van der Waals surface area contributed by atoms with Gasteiger partial charge >= 0.3 is 0 Å². The number of carbonyl (C=O) groups excluding carboxylic acids is 1. The third-order valence-corrected chi connectivity index (χ3v) is 4.54. The number of methoxy groups -OCH3 is 1. The second kappa shape index (κ2) is 6.29. The van der Waals surface area contributed by atoms with Gasteiger partial charge in [0.2, 0.25) is 5.91 Å². The van der Waals surface area contributed by atoms with E-state index in [1.54, 1.807) is 23.1 Å². The maximum Gasteiger partial charge on any atom is 0.293 e. The van der Waals surface area contributed by atoms with Crippen LogP contribution in [0.4, 0.5) is 0 Å². The highest BCUT2D eigenvalue weighted by molar-refractivity contribution is 5.84. The third kappa shape index (κ3) is 2.63. The van der Waals surface area contributed by atoms with Crippen molar-refractivity contribution in [3.63, 3.8) is 0 Å². The van der Waals surface area contributed by atoms with Gasteiger partial charge in [-0.05, 0) is 25.0 Å². The fraction of sp³-hybridized carbons (Fsp3) is 0.333. The summed E-state index contributed by atoms with van der Waals surface area (Å²) in [5, 5.41) is 4.34. The molecule has 1 aliphatic heterocycles.